The monoisotopic (exact) mass is 327 g/mol. The van der Waals surface area contributed by atoms with Crippen LogP contribution < -0.4 is 5.73 Å². The number of halogens is 3. The number of ketones is 1. The van der Waals surface area contributed by atoms with E-state index in [0.29, 0.717) is 6.42 Å². The number of rotatable bonds is 5. The lowest BCUT2D eigenvalue weighted by molar-refractivity contribution is -0.138. The third-order valence-corrected chi connectivity index (χ3v) is 2.51. The topological polar surface area (TPSA) is 80.4 Å². The van der Waals surface area contributed by atoms with Crippen molar-refractivity contribution in [3.05, 3.63) is 35.9 Å². The number of alkyl halides is 2. The summed E-state index contributed by atoms with van der Waals surface area (Å²) in [6.45, 7) is 0. The van der Waals surface area contributed by atoms with Crippen molar-refractivity contribution in [2.75, 3.05) is 11.8 Å². The third kappa shape index (κ3) is 10.8. The molecule has 0 heterocycles. The van der Waals surface area contributed by atoms with Gasteiger partial charge in [-0.05, 0) is 12.0 Å². The first-order chi connectivity index (χ1) is 8.51. The Balaban J connectivity index is 0. The van der Waals surface area contributed by atoms with Gasteiger partial charge in [-0.2, -0.15) is 0 Å². The highest BCUT2D eigenvalue weighted by Crippen LogP contribution is 2.01. The molecule has 0 aliphatic carbocycles. The van der Waals surface area contributed by atoms with Crippen molar-refractivity contribution in [1.29, 1.82) is 0 Å². The Morgan fingerprint density at radius 3 is 1.95 bits per heavy atom. The second-order valence-corrected chi connectivity index (χ2v) is 3.97. The van der Waals surface area contributed by atoms with Crippen molar-refractivity contribution in [1.82, 2.24) is 0 Å². The number of carbonyl (C=O) groups is 2. The Kier molecular flexibility index (Phi) is 13.2. The Hall–Kier alpha value is -0.810. The molecule has 0 saturated carbocycles. The van der Waals surface area contributed by atoms with Gasteiger partial charge in [0, 0.05) is 0 Å². The number of benzene rings is 1. The van der Waals surface area contributed by atoms with E-state index in [9.17, 15) is 9.59 Å². The van der Waals surface area contributed by atoms with E-state index in [-0.39, 0.29) is 30.0 Å². The van der Waals surface area contributed by atoms with Crippen LogP contribution in [0.5, 0.6) is 0 Å². The fourth-order valence-corrected chi connectivity index (χ4v) is 1.28. The van der Waals surface area contributed by atoms with Gasteiger partial charge in [0.25, 0.3) is 0 Å². The lowest BCUT2D eigenvalue weighted by atomic mass is 10.1. The first-order valence-electron chi connectivity index (χ1n) is 5.17. The molecule has 0 aliphatic heterocycles. The maximum absolute atomic E-state index is 10.4. The largest absolute Gasteiger partial charge is 0.480 e. The van der Waals surface area contributed by atoms with Crippen LogP contribution >= 0.6 is 35.6 Å². The molecule has 0 spiro atoms. The van der Waals surface area contributed by atoms with Crippen molar-refractivity contribution in [2.45, 2.75) is 12.5 Å². The zero-order valence-corrected chi connectivity index (χ0v) is 12.4. The maximum Gasteiger partial charge on any atom is 0.320 e. The summed E-state index contributed by atoms with van der Waals surface area (Å²) < 4.78 is 0. The van der Waals surface area contributed by atoms with Crippen LogP contribution in [-0.2, 0) is 16.0 Å². The summed E-state index contributed by atoms with van der Waals surface area (Å²) in [4.78, 5) is 20.3. The standard InChI is InChI=1S/C9H11NO2.C3H4Cl2O.ClH/c10-8(9(11)12)6-7-4-2-1-3-5-7;4-1-3(6)2-5;/h1-5,8H,6,10H2,(H,11,12);1-2H2;1H. The Labute approximate surface area is 128 Å². The summed E-state index contributed by atoms with van der Waals surface area (Å²) in [6.07, 6.45) is 0.385. The number of carboxylic acid groups (broad SMARTS) is 1. The van der Waals surface area contributed by atoms with Crippen LogP contribution in [0.15, 0.2) is 30.3 Å². The summed E-state index contributed by atoms with van der Waals surface area (Å²) in [5.74, 6) is -1.02. The second kappa shape index (κ2) is 12.2. The Morgan fingerprint density at radius 1 is 1.16 bits per heavy atom. The first kappa shape index (κ1) is 20.5. The number of aliphatic carboxylic acids is 1. The molecular formula is C12H16Cl3NO3. The van der Waals surface area contributed by atoms with Gasteiger partial charge in [-0.3, -0.25) is 9.59 Å². The number of carbonyl (C=O) groups excluding carboxylic acids is 1. The van der Waals surface area contributed by atoms with Crippen LogP contribution in [0.2, 0.25) is 0 Å². The normalized spacial score (nSPS) is 10.5. The van der Waals surface area contributed by atoms with E-state index in [1.54, 1.807) is 0 Å². The molecule has 0 saturated heterocycles. The van der Waals surface area contributed by atoms with Crippen LogP contribution in [0.3, 0.4) is 0 Å². The highest BCUT2D eigenvalue weighted by Gasteiger charge is 2.10. The highest BCUT2D eigenvalue weighted by molar-refractivity contribution is 6.35. The van der Waals surface area contributed by atoms with Gasteiger partial charge in [0.2, 0.25) is 0 Å². The molecule has 1 aromatic carbocycles. The molecule has 1 rings (SSSR count). The van der Waals surface area contributed by atoms with Gasteiger partial charge in [0.15, 0.2) is 5.78 Å². The van der Waals surface area contributed by atoms with Gasteiger partial charge < -0.3 is 10.8 Å². The molecule has 0 fully saturated rings. The smallest absolute Gasteiger partial charge is 0.320 e. The maximum atomic E-state index is 10.4. The van der Waals surface area contributed by atoms with Crippen molar-refractivity contribution in [3.8, 4) is 0 Å². The minimum absolute atomic E-state index is 0. The lowest BCUT2D eigenvalue weighted by Crippen LogP contribution is -2.32. The minimum Gasteiger partial charge on any atom is -0.480 e. The summed E-state index contributed by atoms with van der Waals surface area (Å²) in [7, 11) is 0. The molecule has 0 aliphatic rings. The molecule has 1 atom stereocenters. The summed E-state index contributed by atoms with van der Waals surface area (Å²) in [6, 6.07) is 8.54. The van der Waals surface area contributed by atoms with E-state index in [4.69, 9.17) is 34.0 Å². The fraction of sp³-hybridized carbons (Fsp3) is 0.333. The second-order valence-electron chi connectivity index (χ2n) is 3.44. The number of Topliss-reactive ketones (excluding diaryl/α,β-unsaturated/α-hetero) is 1. The summed E-state index contributed by atoms with van der Waals surface area (Å²) in [5.41, 5.74) is 6.30. The van der Waals surface area contributed by atoms with Crippen molar-refractivity contribution in [3.63, 3.8) is 0 Å². The van der Waals surface area contributed by atoms with E-state index < -0.39 is 12.0 Å². The molecule has 1 unspecified atom stereocenters. The zero-order chi connectivity index (χ0) is 14.0. The van der Waals surface area contributed by atoms with E-state index in [2.05, 4.69) is 0 Å². The van der Waals surface area contributed by atoms with Crippen LogP contribution in [0.1, 0.15) is 5.56 Å². The molecule has 0 radical (unpaired) electrons. The van der Waals surface area contributed by atoms with E-state index >= 15 is 0 Å². The van der Waals surface area contributed by atoms with E-state index in [0.717, 1.165) is 5.56 Å². The number of carboxylic acids is 1. The first-order valence-corrected chi connectivity index (χ1v) is 6.24. The van der Waals surface area contributed by atoms with Gasteiger partial charge in [-0.1, -0.05) is 30.3 Å². The van der Waals surface area contributed by atoms with Crippen molar-refractivity contribution < 1.29 is 14.7 Å². The predicted octanol–water partition coefficient (Wildman–Crippen LogP) is 2.10. The quantitative estimate of drug-likeness (QED) is 0.811. The summed E-state index contributed by atoms with van der Waals surface area (Å²) >= 11 is 10.0. The highest BCUT2D eigenvalue weighted by atomic mass is 35.5. The molecule has 0 bridgehead atoms. The number of nitrogens with two attached hydrogens (primary N) is 1. The lowest BCUT2D eigenvalue weighted by Gasteiger charge is -2.04. The van der Waals surface area contributed by atoms with Gasteiger partial charge >= 0.3 is 5.97 Å². The average molecular weight is 329 g/mol. The van der Waals surface area contributed by atoms with Crippen LogP contribution in [0, 0.1) is 0 Å². The molecule has 7 heteroatoms. The Morgan fingerprint density at radius 2 is 1.63 bits per heavy atom. The SMILES string of the molecule is Cl.NC(Cc1ccccc1)C(=O)O.O=C(CCl)CCl. The number of hydrogen-bond donors (Lipinski definition) is 2. The van der Waals surface area contributed by atoms with Crippen LogP contribution in [0.25, 0.3) is 0 Å². The predicted molar refractivity (Wildman–Crippen MR) is 79.5 cm³/mol. The van der Waals surface area contributed by atoms with Gasteiger partial charge in [-0.15, -0.1) is 35.6 Å². The molecule has 3 N–H and O–H groups in total. The third-order valence-electron chi connectivity index (χ3n) is 1.91. The van der Waals surface area contributed by atoms with Gasteiger partial charge in [-0.25, -0.2) is 0 Å². The van der Waals surface area contributed by atoms with Crippen molar-refractivity contribution >= 4 is 47.4 Å². The Bertz CT molecular complexity index is 368. The van der Waals surface area contributed by atoms with Crippen LogP contribution in [0.4, 0.5) is 0 Å². The number of hydrogen-bond acceptors (Lipinski definition) is 3. The molecule has 108 valence electrons. The zero-order valence-electron chi connectivity index (χ0n) is 10.1. The van der Waals surface area contributed by atoms with E-state index in [1.165, 1.54) is 0 Å². The average Bonchev–Trinajstić information content (AvgIpc) is 2.39. The fourth-order valence-electron chi connectivity index (χ4n) is 0.991. The van der Waals surface area contributed by atoms with Gasteiger partial charge in [0.1, 0.15) is 6.04 Å². The molecular weight excluding hydrogens is 312 g/mol. The molecule has 19 heavy (non-hydrogen) atoms. The molecule has 1 aromatic rings. The molecule has 0 amide bonds. The summed E-state index contributed by atoms with van der Waals surface area (Å²) in [5, 5.41) is 8.52. The molecule has 4 nitrogen and oxygen atoms in total. The van der Waals surface area contributed by atoms with Crippen molar-refractivity contribution in [2.24, 2.45) is 5.73 Å². The van der Waals surface area contributed by atoms with Crippen LogP contribution in [-0.4, -0.2) is 34.7 Å². The van der Waals surface area contributed by atoms with Gasteiger partial charge in [0.05, 0.1) is 11.8 Å². The molecule has 0 aromatic heterocycles. The van der Waals surface area contributed by atoms with E-state index in [1.807, 2.05) is 30.3 Å². The minimum atomic E-state index is -0.959.